The molecule has 0 spiro atoms. The van der Waals surface area contributed by atoms with Gasteiger partial charge in [0.2, 0.25) is 11.8 Å². The molecule has 2 aromatic rings. The maximum atomic E-state index is 13.7. The highest BCUT2D eigenvalue weighted by molar-refractivity contribution is 9.10. The molecule has 8 nitrogen and oxygen atoms in total. The van der Waals surface area contributed by atoms with Crippen molar-refractivity contribution in [3.8, 4) is 0 Å². The second kappa shape index (κ2) is 12.6. The number of amides is 3. The van der Waals surface area contributed by atoms with Crippen LogP contribution >= 0.6 is 27.5 Å². The van der Waals surface area contributed by atoms with Crippen molar-refractivity contribution in [1.29, 1.82) is 0 Å². The predicted octanol–water partition coefficient (Wildman–Crippen LogP) is 4.49. The molecule has 0 bridgehead atoms. The molecule has 3 fully saturated rings. The van der Waals surface area contributed by atoms with E-state index in [1.807, 2.05) is 45.9 Å². The van der Waals surface area contributed by atoms with Crippen LogP contribution in [-0.4, -0.2) is 89.8 Å². The monoisotopic (exact) mass is 629 g/mol. The molecule has 0 radical (unpaired) electrons. The van der Waals surface area contributed by atoms with E-state index in [0.29, 0.717) is 59.5 Å². The molecule has 3 aliphatic heterocycles. The standard InChI is InChI=1S/C30H37BrClN5O3/c1-20-6-7-25(15-27(20)32)37(29(39)22-8-13-35(14-9-22)21(2)38)12-4-11-34-16-23-18-36(19-24(23)17-34)30(40)26-5-3-10-33-28(26)31/h3,5-7,10,15,22-24H,4,8-9,11-14,16-19H2,1-2H3. The molecular weight excluding hydrogens is 594 g/mol. The summed E-state index contributed by atoms with van der Waals surface area (Å²) < 4.78 is 0.594. The molecule has 1 aromatic carbocycles. The SMILES string of the molecule is CC(=O)N1CCC(C(=O)N(CCCN2CC3CN(C(=O)c4cccnc4Br)CC3C2)c2ccc(C)c(Cl)c2)CC1. The molecule has 0 saturated carbocycles. The van der Waals surface area contributed by atoms with Crippen molar-refractivity contribution in [3.63, 3.8) is 0 Å². The summed E-state index contributed by atoms with van der Waals surface area (Å²) in [5.41, 5.74) is 2.44. The van der Waals surface area contributed by atoms with Crippen molar-refractivity contribution >= 4 is 50.9 Å². The number of anilines is 1. The smallest absolute Gasteiger partial charge is 0.256 e. The van der Waals surface area contributed by atoms with E-state index in [1.165, 1.54) is 0 Å². The largest absolute Gasteiger partial charge is 0.343 e. The minimum atomic E-state index is -0.0924. The summed E-state index contributed by atoms with van der Waals surface area (Å²) in [7, 11) is 0. The van der Waals surface area contributed by atoms with Crippen LogP contribution in [0.1, 0.15) is 42.1 Å². The van der Waals surface area contributed by atoms with Crippen LogP contribution in [0.15, 0.2) is 41.1 Å². The first-order chi connectivity index (χ1) is 19.2. The van der Waals surface area contributed by atoms with Crippen LogP contribution in [-0.2, 0) is 9.59 Å². The van der Waals surface area contributed by atoms with Crippen LogP contribution in [0.25, 0.3) is 0 Å². The van der Waals surface area contributed by atoms with Gasteiger partial charge < -0.3 is 19.6 Å². The number of benzene rings is 1. The molecule has 3 aliphatic rings. The molecule has 5 rings (SSSR count). The average Bonchev–Trinajstić information content (AvgIpc) is 3.51. The molecule has 0 N–H and O–H groups in total. The first-order valence-corrected chi connectivity index (χ1v) is 15.3. The van der Waals surface area contributed by atoms with Gasteiger partial charge in [-0.2, -0.15) is 0 Å². The summed E-state index contributed by atoms with van der Waals surface area (Å²) in [6.45, 7) is 9.81. The number of rotatable bonds is 7. The van der Waals surface area contributed by atoms with E-state index < -0.39 is 0 Å². The van der Waals surface area contributed by atoms with Crippen LogP contribution in [0.2, 0.25) is 5.02 Å². The number of pyridine rings is 1. The molecule has 2 unspecified atom stereocenters. The van der Waals surface area contributed by atoms with Gasteiger partial charge in [-0.25, -0.2) is 4.98 Å². The molecule has 0 aliphatic carbocycles. The Bertz CT molecular complexity index is 1250. The van der Waals surface area contributed by atoms with Gasteiger partial charge in [0.25, 0.3) is 5.91 Å². The van der Waals surface area contributed by atoms with Crippen molar-refractivity contribution in [2.75, 3.05) is 57.3 Å². The summed E-state index contributed by atoms with van der Waals surface area (Å²) in [5.74, 6) is 1.09. The third-order valence-corrected chi connectivity index (χ3v) is 9.76. The van der Waals surface area contributed by atoms with Crippen LogP contribution in [0.5, 0.6) is 0 Å². The van der Waals surface area contributed by atoms with Crippen LogP contribution < -0.4 is 4.90 Å². The van der Waals surface area contributed by atoms with E-state index in [9.17, 15) is 14.4 Å². The Hall–Kier alpha value is -2.49. The predicted molar refractivity (Wildman–Crippen MR) is 159 cm³/mol. The summed E-state index contributed by atoms with van der Waals surface area (Å²) in [4.78, 5) is 50.9. The highest BCUT2D eigenvalue weighted by atomic mass is 79.9. The fourth-order valence-electron chi connectivity index (χ4n) is 6.38. The first kappa shape index (κ1) is 29.0. The molecule has 2 atom stereocenters. The van der Waals surface area contributed by atoms with Gasteiger partial charge >= 0.3 is 0 Å². The van der Waals surface area contributed by atoms with Gasteiger partial charge in [0.05, 0.1) is 5.56 Å². The Balaban J connectivity index is 1.16. The third-order valence-electron chi connectivity index (χ3n) is 8.72. The fourth-order valence-corrected chi connectivity index (χ4v) is 6.98. The number of carbonyl (C=O) groups is 3. The highest BCUT2D eigenvalue weighted by Crippen LogP contribution is 2.33. The Morgan fingerprint density at radius 1 is 1.05 bits per heavy atom. The van der Waals surface area contributed by atoms with Crippen molar-refractivity contribution in [2.24, 2.45) is 17.8 Å². The molecule has 40 heavy (non-hydrogen) atoms. The molecule has 10 heteroatoms. The third kappa shape index (κ3) is 6.37. The topological polar surface area (TPSA) is 77.1 Å². The summed E-state index contributed by atoms with van der Waals surface area (Å²) in [6.07, 6.45) is 3.91. The minimum Gasteiger partial charge on any atom is -0.343 e. The van der Waals surface area contributed by atoms with Gasteiger partial charge in [0, 0.05) is 75.6 Å². The maximum absolute atomic E-state index is 13.7. The summed E-state index contributed by atoms with van der Waals surface area (Å²) in [6, 6.07) is 9.46. The zero-order chi connectivity index (χ0) is 28.4. The number of piperidine rings is 1. The van der Waals surface area contributed by atoms with Gasteiger partial charge in [-0.1, -0.05) is 17.7 Å². The molecule has 1 aromatic heterocycles. The van der Waals surface area contributed by atoms with E-state index >= 15 is 0 Å². The van der Waals surface area contributed by atoms with E-state index in [-0.39, 0.29) is 23.6 Å². The molecular formula is C30H37BrClN5O3. The van der Waals surface area contributed by atoms with Crippen LogP contribution in [0, 0.1) is 24.7 Å². The fraction of sp³-hybridized carbons (Fsp3) is 0.533. The second-order valence-corrected chi connectivity index (χ2v) is 12.5. The lowest BCUT2D eigenvalue weighted by atomic mass is 9.94. The number of aryl methyl sites for hydroxylation is 1. The molecule has 214 valence electrons. The first-order valence-electron chi connectivity index (χ1n) is 14.2. The van der Waals surface area contributed by atoms with Gasteiger partial charge in [-0.05, 0) is 90.3 Å². The van der Waals surface area contributed by atoms with E-state index in [0.717, 1.165) is 50.4 Å². The Kier molecular flexibility index (Phi) is 9.12. The Morgan fingerprint density at radius 2 is 1.75 bits per heavy atom. The molecule has 3 saturated heterocycles. The lowest BCUT2D eigenvalue weighted by Crippen LogP contribution is -2.44. The number of carbonyl (C=O) groups excluding carboxylic acids is 3. The summed E-state index contributed by atoms with van der Waals surface area (Å²) in [5, 5.41) is 0.659. The number of fused-ring (bicyclic) bond motifs is 1. The second-order valence-electron chi connectivity index (χ2n) is 11.4. The van der Waals surface area contributed by atoms with E-state index in [2.05, 4.69) is 25.8 Å². The van der Waals surface area contributed by atoms with E-state index in [1.54, 1.807) is 19.2 Å². The number of hydrogen-bond donors (Lipinski definition) is 0. The number of likely N-dealkylation sites (tertiary alicyclic amines) is 3. The zero-order valence-electron chi connectivity index (χ0n) is 23.2. The van der Waals surface area contributed by atoms with Crippen molar-refractivity contribution < 1.29 is 14.4 Å². The van der Waals surface area contributed by atoms with Gasteiger partial charge in [-0.3, -0.25) is 14.4 Å². The number of hydrogen-bond acceptors (Lipinski definition) is 5. The normalized spacial score (nSPS) is 21.5. The van der Waals surface area contributed by atoms with Crippen molar-refractivity contribution in [3.05, 3.63) is 57.3 Å². The van der Waals surface area contributed by atoms with Gasteiger partial charge in [-0.15, -0.1) is 0 Å². The number of halogens is 2. The van der Waals surface area contributed by atoms with Crippen LogP contribution in [0.3, 0.4) is 0 Å². The maximum Gasteiger partial charge on any atom is 0.256 e. The Morgan fingerprint density at radius 3 is 2.38 bits per heavy atom. The van der Waals surface area contributed by atoms with Crippen molar-refractivity contribution in [1.82, 2.24) is 19.7 Å². The lowest BCUT2D eigenvalue weighted by Gasteiger charge is -2.34. The van der Waals surface area contributed by atoms with E-state index in [4.69, 9.17) is 11.6 Å². The van der Waals surface area contributed by atoms with Crippen molar-refractivity contribution in [2.45, 2.75) is 33.1 Å². The van der Waals surface area contributed by atoms with Gasteiger partial charge in [0.1, 0.15) is 4.60 Å². The number of aromatic nitrogens is 1. The highest BCUT2D eigenvalue weighted by Gasteiger charge is 2.42. The van der Waals surface area contributed by atoms with Crippen LogP contribution in [0.4, 0.5) is 5.69 Å². The molecule has 4 heterocycles. The van der Waals surface area contributed by atoms with Gasteiger partial charge in [0.15, 0.2) is 0 Å². The number of nitrogens with zero attached hydrogens (tertiary/aromatic N) is 5. The Labute approximate surface area is 249 Å². The lowest BCUT2D eigenvalue weighted by molar-refractivity contribution is -0.133. The quantitative estimate of drug-likeness (QED) is 0.422. The molecule has 3 amide bonds. The summed E-state index contributed by atoms with van der Waals surface area (Å²) >= 11 is 9.86. The average molecular weight is 631 g/mol. The minimum absolute atomic E-state index is 0.0426. The zero-order valence-corrected chi connectivity index (χ0v) is 25.5.